The van der Waals surface area contributed by atoms with E-state index in [2.05, 4.69) is 57.2 Å². The molecule has 2 heteroatoms. The molecule has 2 aromatic rings. The first-order chi connectivity index (χ1) is 8.60. The van der Waals surface area contributed by atoms with Gasteiger partial charge in [-0.2, -0.15) is 0 Å². The van der Waals surface area contributed by atoms with Crippen LogP contribution in [0.5, 0.6) is 0 Å². The Bertz CT molecular complexity index is 561. The molecule has 0 saturated carbocycles. The number of aryl methyl sites for hydroxylation is 3. The third kappa shape index (κ3) is 2.95. The van der Waals surface area contributed by atoms with Crippen molar-refractivity contribution < 1.29 is 0 Å². The first-order valence-electron chi connectivity index (χ1n) is 6.15. The van der Waals surface area contributed by atoms with Gasteiger partial charge in [-0.15, -0.1) is 0 Å². The van der Waals surface area contributed by atoms with Crippen LogP contribution in [0.1, 0.15) is 22.3 Å². The normalized spacial score (nSPS) is 10.7. The van der Waals surface area contributed by atoms with Crippen LogP contribution >= 0.6 is 11.8 Å². The molecule has 2 rings (SSSR count). The molecule has 18 heavy (non-hydrogen) atoms. The van der Waals surface area contributed by atoms with Gasteiger partial charge < -0.3 is 5.73 Å². The Kier molecular flexibility index (Phi) is 4.10. The fourth-order valence-electron chi connectivity index (χ4n) is 1.96. The highest BCUT2D eigenvalue weighted by atomic mass is 32.2. The topological polar surface area (TPSA) is 26.0 Å². The number of nitrogens with two attached hydrogens (primary N) is 1. The number of hydrogen-bond acceptors (Lipinski definition) is 2. The molecule has 0 radical (unpaired) electrons. The zero-order valence-corrected chi connectivity index (χ0v) is 12.0. The van der Waals surface area contributed by atoms with Gasteiger partial charge in [-0.25, -0.2) is 0 Å². The Morgan fingerprint density at radius 1 is 0.889 bits per heavy atom. The van der Waals surface area contributed by atoms with Crippen LogP contribution in [0.15, 0.2) is 46.2 Å². The van der Waals surface area contributed by atoms with Gasteiger partial charge in [0.1, 0.15) is 0 Å². The van der Waals surface area contributed by atoms with Crippen molar-refractivity contribution in [2.75, 3.05) is 0 Å². The summed E-state index contributed by atoms with van der Waals surface area (Å²) in [6.07, 6.45) is 0. The molecule has 0 spiro atoms. The van der Waals surface area contributed by atoms with E-state index in [9.17, 15) is 0 Å². The predicted molar refractivity (Wildman–Crippen MR) is 79.1 cm³/mol. The van der Waals surface area contributed by atoms with Crippen molar-refractivity contribution in [3.63, 3.8) is 0 Å². The Hall–Kier alpha value is -1.25. The zero-order valence-electron chi connectivity index (χ0n) is 11.2. The van der Waals surface area contributed by atoms with E-state index in [1.807, 2.05) is 11.8 Å². The second-order valence-corrected chi connectivity index (χ2v) is 5.77. The number of benzene rings is 2. The molecule has 0 fully saturated rings. The van der Waals surface area contributed by atoms with Crippen molar-refractivity contribution in [1.82, 2.24) is 0 Å². The fourth-order valence-corrected chi connectivity index (χ4v) is 3.08. The van der Waals surface area contributed by atoms with Gasteiger partial charge in [-0.3, -0.25) is 0 Å². The molecule has 0 heterocycles. The minimum atomic E-state index is 0.591. The predicted octanol–water partition coefficient (Wildman–Crippen LogP) is 4.22. The highest BCUT2D eigenvalue weighted by molar-refractivity contribution is 7.99. The van der Waals surface area contributed by atoms with Gasteiger partial charge in [0, 0.05) is 16.3 Å². The Labute approximate surface area is 113 Å². The van der Waals surface area contributed by atoms with Crippen LogP contribution in [0, 0.1) is 20.8 Å². The monoisotopic (exact) mass is 257 g/mol. The molecule has 0 atom stereocenters. The lowest BCUT2D eigenvalue weighted by Gasteiger charge is -2.11. The van der Waals surface area contributed by atoms with Crippen LogP contribution in [0.25, 0.3) is 0 Å². The summed E-state index contributed by atoms with van der Waals surface area (Å²) in [5, 5.41) is 0. The first-order valence-corrected chi connectivity index (χ1v) is 6.96. The summed E-state index contributed by atoms with van der Waals surface area (Å²) in [7, 11) is 0. The summed E-state index contributed by atoms with van der Waals surface area (Å²) in [4.78, 5) is 2.57. The van der Waals surface area contributed by atoms with E-state index in [-0.39, 0.29) is 0 Å². The van der Waals surface area contributed by atoms with Crippen LogP contribution in [-0.4, -0.2) is 0 Å². The lowest BCUT2D eigenvalue weighted by molar-refractivity contribution is 1.02. The average molecular weight is 257 g/mol. The standard InChI is InChI=1S/C16H19NS/c1-11-5-7-15(13(3)8-11)18-16-9-12(2)4-6-14(16)10-17/h4-9H,10,17H2,1-3H3. The van der Waals surface area contributed by atoms with Gasteiger partial charge in [0.25, 0.3) is 0 Å². The van der Waals surface area contributed by atoms with E-state index in [1.54, 1.807) is 0 Å². The van der Waals surface area contributed by atoms with E-state index in [0.29, 0.717) is 6.54 Å². The Morgan fingerprint density at radius 3 is 2.22 bits per heavy atom. The van der Waals surface area contributed by atoms with Crippen molar-refractivity contribution >= 4 is 11.8 Å². The molecular weight excluding hydrogens is 238 g/mol. The molecule has 0 aliphatic heterocycles. The van der Waals surface area contributed by atoms with Crippen molar-refractivity contribution in [3.8, 4) is 0 Å². The van der Waals surface area contributed by atoms with Crippen molar-refractivity contribution in [1.29, 1.82) is 0 Å². The quantitative estimate of drug-likeness (QED) is 0.891. The van der Waals surface area contributed by atoms with Gasteiger partial charge >= 0.3 is 0 Å². The highest BCUT2D eigenvalue weighted by Gasteiger charge is 2.06. The van der Waals surface area contributed by atoms with Crippen molar-refractivity contribution in [3.05, 3.63) is 58.7 Å². The molecule has 2 aromatic carbocycles. The van der Waals surface area contributed by atoms with E-state index >= 15 is 0 Å². The summed E-state index contributed by atoms with van der Waals surface area (Å²) in [6.45, 7) is 6.99. The van der Waals surface area contributed by atoms with E-state index in [0.717, 1.165) is 0 Å². The third-order valence-corrected chi connectivity index (χ3v) is 4.27. The number of rotatable bonds is 3. The summed E-state index contributed by atoms with van der Waals surface area (Å²) >= 11 is 1.81. The molecule has 0 bridgehead atoms. The van der Waals surface area contributed by atoms with Crippen LogP contribution in [0.3, 0.4) is 0 Å². The molecule has 0 saturated heterocycles. The van der Waals surface area contributed by atoms with E-state index < -0.39 is 0 Å². The van der Waals surface area contributed by atoms with Gasteiger partial charge in [-0.1, -0.05) is 41.6 Å². The van der Waals surface area contributed by atoms with E-state index in [4.69, 9.17) is 5.73 Å². The second kappa shape index (κ2) is 5.59. The van der Waals surface area contributed by atoms with Gasteiger partial charge in [0.05, 0.1) is 0 Å². The smallest absolute Gasteiger partial charge is 0.0189 e. The van der Waals surface area contributed by atoms with E-state index in [1.165, 1.54) is 32.0 Å². The van der Waals surface area contributed by atoms with Crippen LogP contribution in [0.4, 0.5) is 0 Å². The minimum Gasteiger partial charge on any atom is -0.326 e. The molecule has 2 N–H and O–H groups in total. The summed E-state index contributed by atoms with van der Waals surface area (Å²) in [5.41, 5.74) is 10.9. The molecule has 0 amide bonds. The van der Waals surface area contributed by atoms with Gasteiger partial charge in [0.15, 0.2) is 0 Å². The molecule has 0 aliphatic rings. The van der Waals surface area contributed by atoms with Gasteiger partial charge in [0.2, 0.25) is 0 Å². The highest BCUT2D eigenvalue weighted by Crippen LogP contribution is 2.33. The average Bonchev–Trinajstić information content (AvgIpc) is 2.33. The lowest BCUT2D eigenvalue weighted by Crippen LogP contribution is -1.98. The second-order valence-electron chi connectivity index (χ2n) is 4.69. The summed E-state index contributed by atoms with van der Waals surface area (Å²) in [5.74, 6) is 0. The molecule has 1 nitrogen and oxygen atoms in total. The molecule has 0 aromatic heterocycles. The summed E-state index contributed by atoms with van der Waals surface area (Å²) in [6, 6.07) is 13.0. The first kappa shape index (κ1) is 13.2. The maximum Gasteiger partial charge on any atom is 0.0189 e. The molecular formula is C16H19NS. The summed E-state index contributed by atoms with van der Waals surface area (Å²) < 4.78 is 0. The van der Waals surface area contributed by atoms with Crippen LogP contribution in [-0.2, 0) is 6.54 Å². The zero-order chi connectivity index (χ0) is 13.1. The maximum absolute atomic E-state index is 5.80. The lowest BCUT2D eigenvalue weighted by atomic mass is 10.1. The maximum atomic E-state index is 5.80. The molecule has 94 valence electrons. The fraction of sp³-hybridized carbons (Fsp3) is 0.250. The van der Waals surface area contributed by atoms with Crippen LogP contribution < -0.4 is 5.73 Å². The molecule has 0 aliphatic carbocycles. The van der Waals surface area contributed by atoms with Crippen LogP contribution in [0.2, 0.25) is 0 Å². The Balaban J connectivity index is 2.36. The van der Waals surface area contributed by atoms with Gasteiger partial charge in [-0.05, 0) is 49.6 Å². The third-order valence-electron chi connectivity index (χ3n) is 2.99. The van der Waals surface area contributed by atoms with Crippen molar-refractivity contribution in [2.24, 2.45) is 5.73 Å². The minimum absolute atomic E-state index is 0.591. The SMILES string of the molecule is Cc1ccc(Sc2cc(C)ccc2CN)c(C)c1. The number of hydrogen-bond donors (Lipinski definition) is 1. The molecule has 0 unspecified atom stereocenters. The largest absolute Gasteiger partial charge is 0.326 e. The van der Waals surface area contributed by atoms with Crippen molar-refractivity contribution in [2.45, 2.75) is 37.1 Å². The Morgan fingerprint density at radius 2 is 1.56 bits per heavy atom.